The molecule has 0 spiro atoms. The standard InChI is InChI=1S/C30H53N5O11.C17H33NO3/c1-23(36)24(31-2)7-3-4-11-32-26(37)21-45-19-17-43-15-12-33-27(38)22-46-20-18-44-16-13-34-30(42)25-8-6-14-35(25)28(39)9-5-10-29(40)41;18-16(19)14-12-10-8-6-4-2-1-3-5-7-9-11-13-15-17(20)21/h24-25,31H,3-22H2,1-2H3,(H,32,37)(H,33,38)(H,34,42)(H,40,41);1-15H2,(H2,18,19)(H,20,21). The number of nitrogens with one attached hydrogen (secondary N) is 4. The molecule has 20 heteroatoms. The van der Waals surface area contributed by atoms with Gasteiger partial charge in [-0.3, -0.25) is 38.4 Å². The van der Waals surface area contributed by atoms with Gasteiger partial charge in [-0.25, -0.2) is 0 Å². The van der Waals surface area contributed by atoms with Crippen LogP contribution in [0.5, 0.6) is 0 Å². The Morgan fingerprint density at radius 2 is 1.03 bits per heavy atom. The van der Waals surface area contributed by atoms with Crippen LogP contribution < -0.4 is 27.0 Å². The average Bonchev–Trinajstić information content (AvgIpc) is 3.78. The zero-order valence-corrected chi connectivity index (χ0v) is 40.7. The lowest BCUT2D eigenvalue weighted by Crippen LogP contribution is -2.46. The number of ether oxygens (including phenoxy) is 4. The summed E-state index contributed by atoms with van der Waals surface area (Å²) in [6.45, 7) is 4.39. The number of nitrogens with zero attached hydrogens (tertiary/aromatic N) is 1. The van der Waals surface area contributed by atoms with Crippen molar-refractivity contribution in [3.8, 4) is 0 Å². The third-order valence-corrected chi connectivity index (χ3v) is 10.9. The van der Waals surface area contributed by atoms with E-state index in [0.717, 1.165) is 51.4 Å². The number of carboxylic acid groups (broad SMARTS) is 2. The van der Waals surface area contributed by atoms with Gasteiger partial charge in [-0.2, -0.15) is 0 Å². The molecule has 5 amide bonds. The number of Topliss-reactive ketones (excluding diaryl/α,β-unsaturated/α-hetero) is 1. The molecule has 20 nitrogen and oxygen atoms in total. The topological polar surface area (TPSA) is 291 Å². The van der Waals surface area contributed by atoms with Crippen LogP contribution in [0.2, 0.25) is 0 Å². The first kappa shape index (κ1) is 62.8. The summed E-state index contributed by atoms with van der Waals surface area (Å²) in [5.41, 5.74) is 5.09. The summed E-state index contributed by atoms with van der Waals surface area (Å²) in [6, 6.07) is -0.690. The highest BCUT2D eigenvalue weighted by atomic mass is 16.5. The van der Waals surface area contributed by atoms with Crippen LogP contribution in [0.3, 0.4) is 0 Å². The maximum atomic E-state index is 12.5. The lowest BCUT2D eigenvalue weighted by molar-refractivity contribution is -0.140. The molecular formula is C47H86N6O14. The number of carbonyl (C=O) groups is 8. The second-order valence-corrected chi connectivity index (χ2v) is 16.7. The molecule has 0 saturated carbocycles. The summed E-state index contributed by atoms with van der Waals surface area (Å²) in [4.78, 5) is 92.8. The Hall–Kier alpha value is -4.24. The second kappa shape index (κ2) is 44.3. The summed E-state index contributed by atoms with van der Waals surface area (Å²) in [5, 5.41) is 28.4. The molecule has 1 fully saturated rings. The number of rotatable bonds is 44. The molecule has 0 radical (unpaired) electrons. The van der Waals surface area contributed by atoms with E-state index in [2.05, 4.69) is 21.3 Å². The first-order chi connectivity index (χ1) is 32.3. The number of primary amides is 1. The van der Waals surface area contributed by atoms with Crippen LogP contribution in [0.25, 0.3) is 0 Å². The first-order valence-corrected chi connectivity index (χ1v) is 24.6. The third kappa shape index (κ3) is 40.5. The summed E-state index contributed by atoms with van der Waals surface area (Å²) < 4.78 is 21.3. The van der Waals surface area contributed by atoms with E-state index in [-0.39, 0.29) is 120 Å². The van der Waals surface area contributed by atoms with Crippen LogP contribution in [-0.4, -0.2) is 161 Å². The largest absolute Gasteiger partial charge is 0.481 e. The van der Waals surface area contributed by atoms with Crippen molar-refractivity contribution >= 4 is 47.3 Å². The van der Waals surface area contributed by atoms with Gasteiger partial charge in [0, 0.05) is 51.9 Å². The van der Waals surface area contributed by atoms with E-state index in [1.54, 1.807) is 14.0 Å². The molecule has 0 aromatic heterocycles. The predicted molar refractivity (Wildman–Crippen MR) is 252 cm³/mol. The molecule has 1 aliphatic rings. The van der Waals surface area contributed by atoms with Crippen LogP contribution in [0.1, 0.15) is 155 Å². The minimum atomic E-state index is -0.951. The fourth-order valence-electron chi connectivity index (χ4n) is 7.14. The number of likely N-dealkylation sites (tertiary alicyclic amines) is 1. The van der Waals surface area contributed by atoms with E-state index in [4.69, 9.17) is 34.9 Å². The highest BCUT2D eigenvalue weighted by molar-refractivity contribution is 5.88. The number of aliphatic carboxylic acids is 2. The maximum Gasteiger partial charge on any atom is 0.303 e. The summed E-state index contributed by atoms with van der Waals surface area (Å²) in [5.74, 6) is -2.68. The van der Waals surface area contributed by atoms with Crippen molar-refractivity contribution in [2.45, 2.75) is 167 Å². The van der Waals surface area contributed by atoms with Crippen molar-refractivity contribution in [1.82, 2.24) is 26.2 Å². The molecule has 2 atom stereocenters. The maximum absolute atomic E-state index is 12.5. The Kier molecular flexibility index (Phi) is 41.5. The van der Waals surface area contributed by atoms with Crippen LogP contribution >= 0.6 is 0 Å². The monoisotopic (exact) mass is 959 g/mol. The number of carboxylic acids is 2. The predicted octanol–water partition coefficient (Wildman–Crippen LogP) is 3.40. The normalized spacial score (nSPS) is 13.6. The van der Waals surface area contributed by atoms with Crippen LogP contribution in [-0.2, 0) is 57.3 Å². The number of ketones is 1. The second-order valence-electron chi connectivity index (χ2n) is 16.7. The lowest BCUT2D eigenvalue weighted by Gasteiger charge is -2.24. The van der Waals surface area contributed by atoms with E-state index in [1.165, 1.54) is 62.7 Å². The van der Waals surface area contributed by atoms with Gasteiger partial charge in [0.05, 0.1) is 45.7 Å². The quantitative estimate of drug-likeness (QED) is 0.0431. The number of amides is 5. The van der Waals surface area contributed by atoms with E-state index in [9.17, 15) is 38.4 Å². The lowest BCUT2D eigenvalue weighted by atomic mass is 10.0. The van der Waals surface area contributed by atoms with Crippen molar-refractivity contribution in [2.75, 3.05) is 86.1 Å². The van der Waals surface area contributed by atoms with E-state index in [0.29, 0.717) is 38.9 Å². The Morgan fingerprint density at radius 3 is 1.52 bits per heavy atom. The fourth-order valence-corrected chi connectivity index (χ4v) is 7.14. The van der Waals surface area contributed by atoms with Crippen LogP contribution in [0.15, 0.2) is 0 Å². The molecule has 0 bridgehead atoms. The number of nitrogens with two attached hydrogens (primary N) is 1. The molecule has 388 valence electrons. The van der Waals surface area contributed by atoms with Crippen molar-refractivity contribution in [3.63, 3.8) is 0 Å². The van der Waals surface area contributed by atoms with Gasteiger partial charge in [0.2, 0.25) is 29.5 Å². The summed E-state index contributed by atoms with van der Waals surface area (Å²) in [6.07, 6.45) is 20.1. The number of hydrogen-bond acceptors (Lipinski definition) is 13. The number of carbonyl (C=O) groups excluding carboxylic acids is 6. The molecular weight excluding hydrogens is 873 g/mol. The summed E-state index contributed by atoms with van der Waals surface area (Å²) >= 11 is 0. The summed E-state index contributed by atoms with van der Waals surface area (Å²) in [7, 11) is 1.76. The molecule has 1 rings (SSSR count). The number of hydrogen-bond donors (Lipinski definition) is 7. The van der Waals surface area contributed by atoms with Gasteiger partial charge < -0.3 is 61.1 Å². The number of likely N-dealkylation sites (N-methyl/N-ethyl adjacent to an activating group) is 1. The fraction of sp³-hybridized carbons (Fsp3) is 0.830. The molecule has 8 N–H and O–H groups in total. The zero-order valence-electron chi connectivity index (χ0n) is 40.7. The van der Waals surface area contributed by atoms with Crippen molar-refractivity contribution < 1.29 is 67.5 Å². The molecule has 1 aliphatic heterocycles. The zero-order chi connectivity index (χ0) is 49.8. The van der Waals surface area contributed by atoms with Gasteiger partial charge in [0.1, 0.15) is 25.0 Å². The third-order valence-electron chi connectivity index (χ3n) is 10.9. The van der Waals surface area contributed by atoms with Crippen LogP contribution in [0, 0.1) is 0 Å². The van der Waals surface area contributed by atoms with Gasteiger partial charge in [0.15, 0.2) is 0 Å². The molecule has 2 unspecified atom stereocenters. The Morgan fingerprint density at radius 1 is 0.567 bits per heavy atom. The minimum absolute atomic E-state index is 0.0669. The molecule has 1 heterocycles. The molecule has 1 saturated heterocycles. The van der Waals surface area contributed by atoms with Gasteiger partial charge in [0.25, 0.3) is 0 Å². The molecule has 67 heavy (non-hydrogen) atoms. The SMILES string of the molecule is CNC(CCCCNC(=O)COCCOCCNC(=O)COCCOCCNC(=O)C1CCCN1C(=O)CCCC(=O)O)C(C)=O.NC(=O)CCCCCCCCCCCCCCCC(=O)O. The van der Waals surface area contributed by atoms with E-state index in [1.807, 2.05) is 0 Å². The Labute approximate surface area is 398 Å². The van der Waals surface area contributed by atoms with Crippen molar-refractivity contribution in [2.24, 2.45) is 5.73 Å². The number of unbranched alkanes of at least 4 members (excludes halogenated alkanes) is 13. The van der Waals surface area contributed by atoms with Crippen molar-refractivity contribution in [1.29, 1.82) is 0 Å². The Balaban J connectivity index is 0.00000173. The average molecular weight is 959 g/mol. The van der Waals surface area contributed by atoms with Gasteiger partial charge >= 0.3 is 11.9 Å². The molecule has 0 aliphatic carbocycles. The van der Waals surface area contributed by atoms with Gasteiger partial charge in [-0.1, -0.05) is 70.6 Å². The molecule has 0 aromatic carbocycles. The van der Waals surface area contributed by atoms with E-state index < -0.39 is 18.0 Å². The van der Waals surface area contributed by atoms with Gasteiger partial charge in [-0.05, 0) is 65.3 Å². The highest BCUT2D eigenvalue weighted by Crippen LogP contribution is 2.19. The van der Waals surface area contributed by atoms with Crippen LogP contribution in [0.4, 0.5) is 0 Å². The van der Waals surface area contributed by atoms with E-state index >= 15 is 0 Å². The van der Waals surface area contributed by atoms with Crippen molar-refractivity contribution in [3.05, 3.63) is 0 Å². The highest BCUT2D eigenvalue weighted by Gasteiger charge is 2.33. The minimum Gasteiger partial charge on any atom is -0.481 e. The first-order valence-electron chi connectivity index (χ1n) is 24.6. The Bertz CT molecular complexity index is 1350. The molecule has 0 aromatic rings. The van der Waals surface area contributed by atoms with Gasteiger partial charge in [-0.15, -0.1) is 0 Å². The smallest absolute Gasteiger partial charge is 0.303 e.